The number of nitrogens with two attached hydrogens (primary N) is 1. The summed E-state index contributed by atoms with van der Waals surface area (Å²) in [5, 5.41) is 7.58. The Morgan fingerprint density at radius 1 is 1.20 bits per heavy atom. The third kappa shape index (κ3) is 4.46. The van der Waals surface area contributed by atoms with E-state index in [9.17, 15) is 8.78 Å². The minimum atomic E-state index is -0.532. The van der Waals surface area contributed by atoms with Gasteiger partial charge in [0.15, 0.2) is 0 Å². The molecule has 0 unspecified atom stereocenters. The first-order valence-electron chi connectivity index (χ1n) is 8.96. The van der Waals surface area contributed by atoms with E-state index < -0.39 is 17.7 Å². The first-order chi connectivity index (χ1) is 12.0. The zero-order valence-corrected chi connectivity index (χ0v) is 14.6. The number of oxime groups is 1. The number of rotatable bonds is 4. The minimum absolute atomic E-state index is 0.184. The van der Waals surface area contributed by atoms with Gasteiger partial charge in [-0.3, -0.25) is 0 Å². The number of halogens is 2. The molecule has 0 saturated carbocycles. The van der Waals surface area contributed by atoms with Crippen LogP contribution in [0.2, 0.25) is 0 Å². The van der Waals surface area contributed by atoms with E-state index >= 15 is 0 Å². The van der Waals surface area contributed by atoms with E-state index in [4.69, 9.17) is 10.6 Å². The molecular weight excluding hydrogens is 326 g/mol. The highest BCUT2D eigenvalue weighted by Crippen LogP contribution is 2.27. The molecule has 2 aliphatic heterocycles. The van der Waals surface area contributed by atoms with Crippen LogP contribution >= 0.6 is 0 Å². The molecule has 0 amide bonds. The predicted octanol–water partition coefficient (Wildman–Crippen LogP) is 2.71. The lowest BCUT2D eigenvalue weighted by Gasteiger charge is -2.30. The Hall–Kier alpha value is -1.73. The molecule has 0 spiro atoms. The molecule has 0 bridgehead atoms. The SMILES string of the molecule is C[C@@H](N)c1cc(F)c(N2CCC(=NOC3CCNCC3)CC2)cc1F. The molecule has 2 aliphatic rings. The van der Waals surface area contributed by atoms with Gasteiger partial charge in [-0.1, -0.05) is 5.16 Å². The summed E-state index contributed by atoms with van der Waals surface area (Å²) in [6.45, 7) is 4.77. The van der Waals surface area contributed by atoms with Gasteiger partial charge in [0.1, 0.15) is 17.7 Å². The molecule has 2 fully saturated rings. The standard InChI is InChI=1S/C18H26F2N4O/c1-12(21)15-10-17(20)18(11-16(15)19)24-8-4-13(5-9-24)23-25-14-2-6-22-7-3-14/h10-12,14,22H,2-9,21H2,1H3/t12-/m1/s1. The lowest BCUT2D eigenvalue weighted by atomic mass is 10.0. The van der Waals surface area contributed by atoms with Crippen molar-refractivity contribution in [3.8, 4) is 0 Å². The number of piperidine rings is 2. The van der Waals surface area contributed by atoms with Crippen LogP contribution in [0.15, 0.2) is 17.3 Å². The van der Waals surface area contributed by atoms with Gasteiger partial charge in [0.2, 0.25) is 0 Å². The van der Waals surface area contributed by atoms with Gasteiger partial charge in [0.25, 0.3) is 0 Å². The van der Waals surface area contributed by atoms with Crippen molar-refractivity contribution in [3.63, 3.8) is 0 Å². The minimum Gasteiger partial charge on any atom is -0.392 e. The second-order valence-corrected chi connectivity index (χ2v) is 6.81. The van der Waals surface area contributed by atoms with Crippen molar-refractivity contribution in [1.82, 2.24) is 5.32 Å². The Balaban J connectivity index is 1.59. The van der Waals surface area contributed by atoms with E-state index in [0.717, 1.165) is 31.6 Å². The smallest absolute Gasteiger partial charge is 0.147 e. The van der Waals surface area contributed by atoms with Gasteiger partial charge in [-0.2, -0.15) is 0 Å². The summed E-state index contributed by atoms with van der Waals surface area (Å²) in [4.78, 5) is 7.48. The fourth-order valence-electron chi connectivity index (χ4n) is 3.29. The molecule has 2 saturated heterocycles. The summed E-state index contributed by atoms with van der Waals surface area (Å²) in [5.74, 6) is -0.889. The molecule has 5 nitrogen and oxygen atoms in total. The first kappa shape index (κ1) is 18.1. The van der Waals surface area contributed by atoms with Crippen molar-refractivity contribution in [3.05, 3.63) is 29.3 Å². The summed E-state index contributed by atoms with van der Waals surface area (Å²) >= 11 is 0. The van der Waals surface area contributed by atoms with E-state index in [1.54, 1.807) is 6.92 Å². The zero-order valence-electron chi connectivity index (χ0n) is 14.6. The third-order valence-corrected chi connectivity index (χ3v) is 4.86. The molecule has 2 heterocycles. The predicted molar refractivity (Wildman–Crippen MR) is 94.8 cm³/mol. The van der Waals surface area contributed by atoms with Crippen LogP contribution in [0.4, 0.5) is 14.5 Å². The van der Waals surface area contributed by atoms with Crippen molar-refractivity contribution in [2.45, 2.75) is 44.8 Å². The van der Waals surface area contributed by atoms with E-state index in [2.05, 4.69) is 10.5 Å². The van der Waals surface area contributed by atoms with Crippen LogP contribution in [0.1, 0.15) is 44.2 Å². The fraction of sp³-hybridized carbons (Fsp3) is 0.611. The second kappa shape index (κ2) is 8.10. The number of hydrogen-bond donors (Lipinski definition) is 2. The molecule has 1 aromatic carbocycles. The summed E-state index contributed by atoms with van der Waals surface area (Å²) < 4.78 is 28.5. The quantitative estimate of drug-likeness (QED) is 0.818. The maximum Gasteiger partial charge on any atom is 0.147 e. The molecule has 3 N–H and O–H groups in total. The van der Waals surface area contributed by atoms with Crippen LogP contribution in [0.25, 0.3) is 0 Å². The number of nitrogens with one attached hydrogen (secondary N) is 1. The highest BCUT2D eigenvalue weighted by atomic mass is 19.1. The molecule has 0 aliphatic carbocycles. The molecular formula is C18H26F2N4O. The summed E-state index contributed by atoms with van der Waals surface area (Å²) in [6, 6.07) is 1.93. The monoisotopic (exact) mass is 352 g/mol. The lowest BCUT2D eigenvalue weighted by molar-refractivity contribution is 0.0368. The Morgan fingerprint density at radius 2 is 1.88 bits per heavy atom. The van der Waals surface area contributed by atoms with Gasteiger partial charge in [-0.25, -0.2) is 8.78 Å². The van der Waals surface area contributed by atoms with Gasteiger partial charge >= 0.3 is 0 Å². The van der Waals surface area contributed by atoms with E-state index in [0.29, 0.717) is 31.6 Å². The maximum atomic E-state index is 14.3. The fourth-order valence-corrected chi connectivity index (χ4v) is 3.29. The van der Waals surface area contributed by atoms with Gasteiger partial charge in [-0.15, -0.1) is 0 Å². The Morgan fingerprint density at radius 3 is 2.52 bits per heavy atom. The third-order valence-electron chi connectivity index (χ3n) is 4.86. The molecule has 0 aromatic heterocycles. The van der Waals surface area contributed by atoms with Gasteiger partial charge in [-0.05, 0) is 38.9 Å². The van der Waals surface area contributed by atoms with Crippen LogP contribution in [0.5, 0.6) is 0 Å². The number of nitrogens with zero attached hydrogens (tertiary/aromatic N) is 2. The second-order valence-electron chi connectivity index (χ2n) is 6.81. The van der Waals surface area contributed by atoms with E-state index in [1.165, 1.54) is 12.1 Å². The normalized spacial score (nSPS) is 20.5. The van der Waals surface area contributed by atoms with E-state index in [1.807, 2.05) is 4.90 Å². The largest absolute Gasteiger partial charge is 0.392 e. The van der Waals surface area contributed by atoms with Gasteiger partial charge in [0.05, 0.1) is 11.4 Å². The van der Waals surface area contributed by atoms with Crippen molar-refractivity contribution >= 4 is 11.4 Å². The van der Waals surface area contributed by atoms with Crippen molar-refractivity contribution in [2.75, 3.05) is 31.1 Å². The number of benzene rings is 1. The molecule has 3 rings (SSSR count). The summed E-state index contributed by atoms with van der Waals surface area (Å²) in [7, 11) is 0. The Kier molecular flexibility index (Phi) is 5.86. The highest BCUT2D eigenvalue weighted by Gasteiger charge is 2.22. The van der Waals surface area contributed by atoms with Crippen LogP contribution in [0.3, 0.4) is 0 Å². The molecule has 25 heavy (non-hydrogen) atoms. The van der Waals surface area contributed by atoms with Gasteiger partial charge < -0.3 is 20.8 Å². The first-order valence-corrected chi connectivity index (χ1v) is 8.96. The average Bonchev–Trinajstić information content (AvgIpc) is 2.63. The van der Waals surface area contributed by atoms with Gasteiger partial charge in [0, 0.05) is 43.6 Å². The molecule has 1 aromatic rings. The summed E-state index contributed by atoms with van der Waals surface area (Å²) in [6.07, 6.45) is 3.52. The van der Waals surface area contributed by atoms with Crippen LogP contribution < -0.4 is 16.0 Å². The van der Waals surface area contributed by atoms with Crippen molar-refractivity contribution in [2.24, 2.45) is 10.9 Å². The topological polar surface area (TPSA) is 62.9 Å². The highest BCUT2D eigenvalue weighted by molar-refractivity contribution is 5.86. The molecule has 7 heteroatoms. The Bertz CT molecular complexity index is 620. The zero-order chi connectivity index (χ0) is 17.8. The maximum absolute atomic E-state index is 14.3. The molecule has 1 atom stereocenters. The van der Waals surface area contributed by atoms with Crippen LogP contribution in [-0.4, -0.2) is 38.0 Å². The molecule has 138 valence electrons. The van der Waals surface area contributed by atoms with Crippen LogP contribution in [-0.2, 0) is 4.84 Å². The lowest BCUT2D eigenvalue weighted by Crippen LogP contribution is -2.35. The number of hydrogen-bond acceptors (Lipinski definition) is 5. The van der Waals surface area contributed by atoms with Crippen molar-refractivity contribution < 1.29 is 13.6 Å². The Labute approximate surface area is 147 Å². The van der Waals surface area contributed by atoms with Crippen molar-refractivity contribution in [1.29, 1.82) is 0 Å². The average molecular weight is 352 g/mol. The van der Waals surface area contributed by atoms with Crippen LogP contribution in [0, 0.1) is 11.6 Å². The number of anilines is 1. The molecule has 0 radical (unpaired) electrons. The summed E-state index contributed by atoms with van der Waals surface area (Å²) in [5.41, 5.74) is 7.16. The van der Waals surface area contributed by atoms with E-state index in [-0.39, 0.29) is 11.7 Å².